The molecule has 0 amide bonds. The van der Waals surface area contributed by atoms with Crippen molar-refractivity contribution >= 4 is 5.97 Å². The van der Waals surface area contributed by atoms with Crippen LogP contribution in [0.1, 0.15) is 194 Å². The molecular weight excluding hydrogens is 580 g/mol. The summed E-state index contributed by atoms with van der Waals surface area (Å²) in [6.45, 7) is 5.29. The van der Waals surface area contributed by atoms with Crippen molar-refractivity contribution in [2.75, 3.05) is 19.8 Å². The highest BCUT2D eigenvalue weighted by atomic mass is 16.6. The number of hydrogen-bond acceptors (Lipinski definition) is 4. The van der Waals surface area contributed by atoms with Gasteiger partial charge in [-0.15, -0.1) is 0 Å². The third-order valence-corrected chi connectivity index (χ3v) is 8.63. The van der Waals surface area contributed by atoms with Gasteiger partial charge in [-0.05, 0) is 77.0 Å². The molecule has 0 aliphatic heterocycles. The number of aliphatic hydroxyl groups excluding tert-OH is 1. The van der Waals surface area contributed by atoms with Crippen LogP contribution in [0.2, 0.25) is 0 Å². The predicted molar refractivity (Wildman–Crippen MR) is 205 cm³/mol. The van der Waals surface area contributed by atoms with Crippen LogP contribution < -0.4 is 0 Å². The largest absolute Gasteiger partial charge is 0.457 e. The van der Waals surface area contributed by atoms with E-state index in [1.807, 2.05) is 0 Å². The number of hydrogen-bond donors (Lipinski definition) is 1. The molecule has 0 saturated heterocycles. The SMILES string of the molecule is CCCCCC/C=C\CCCCCCCC(=O)OC(CO)COCCCCCCCCC/C=C\C/C=C\C/C=C\CCCCCCC. The Morgan fingerprint density at radius 3 is 1.38 bits per heavy atom. The third-order valence-electron chi connectivity index (χ3n) is 8.63. The first kappa shape index (κ1) is 45.3. The van der Waals surface area contributed by atoms with Gasteiger partial charge in [0.1, 0.15) is 6.10 Å². The summed E-state index contributed by atoms with van der Waals surface area (Å²) in [5.74, 6) is -0.215. The van der Waals surface area contributed by atoms with E-state index >= 15 is 0 Å². The third kappa shape index (κ3) is 38.7. The molecule has 0 fully saturated rings. The predicted octanol–water partition coefficient (Wildman–Crippen LogP) is 13.1. The van der Waals surface area contributed by atoms with Crippen LogP contribution >= 0.6 is 0 Å². The summed E-state index contributed by atoms with van der Waals surface area (Å²) in [4.78, 5) is 12.1. The smallest absolute Gasteiger partial charge is 0.306 e. The Hall–Kier alpha value is -1.65. The minimum Gasteiger partial charge on any atom is -0.457 e. The van der Waals surface area contributed by atoms with Gasteiger partial charge >= 0.3 is 5.97 Å². The fraction of sp³-hybridized carbons (Fsp3) is 0.791. The van der Waals surface area contributed by atoms with Gasteiger partial charge in [-0.1, -0.05) is 159 Å². The Balaban J connectivity index is 3.47. The van der Waals surface area contributed by atoms with Gasteiger partial charge in [0.25, 0.3) is 0 Å². The van der Waals surface area contributed by atoms with Gasteiger partial charge in [0.2, 0.25) is 0 Å². The number of carbonyl (C=O) groups is 1. The molecule has 274 valence electrons. The van der Waals surface area contributed by atoms with Gasteiger partial charge in [0.15, 0.2) is 0 Å². The highest BCUT2D eigenvalue weighted by Gasteiger charge is 2.13. The zero-order valence-electron chi connectivity index (χ0n) is 31.3. The van der Waals surface area contributed by atoms with E-state index in [-0.39, 0.29) is 19.2 Å². The fourth-order valence-electron chi connectivity index (χ4n) is 5.56. The Bertz CT molecular complexity index is 738. The van der Waals surface area contributed by atoms with Crippen LogP contribution in [0.5, 0.6) is 0 Å². The van der Waals surface area contributed by atoms with Gasteiger partial charge in [0, 0.05) is 13.0 Å². The lowest BCUT2D eigenvalue weighted by molar-refractivity contribution is -0.154. The summed E-state index contributed by atoms with van der Waals surface area (Å²) in [7, 11) is 0. The van der Waals surface area contributed by atoms with Gasteiger partial charge in [-0.2, -0.15) is 0 Å². The first-order valence-corrected chi connectivity index (χ1v) is 20.2. The van der Waals surface area contributed by atoms with Crippen molar-refractivity contribution in [1.29, 1.82) is 0 Å². The lowest BCUT2D eigenvalue weighted by atomic mass is 10.1. The number of unbranched alkanes of at least 4 members (excludes halogenated alkanes) is 21. The summed E-state index contributed by atoms with van der Waals surface area (Å²) in [5, 5.41) is 9.57. The molecule has 0 aromatic heterocycles. The van der Waals surface area contributed by atoms with Gasteiger partial charge in [-0.3, -0.25) is 4.79 Å². The van der Waals surface area contributed by atoms with Crippen molar-refractivity contribution in [2.24, 2.45) is 0 Å². The molecule has 0 aromatic rings. The highest BCUT2D eigenvalue weighted by molar-refractivity contribution is 5.69. The second-order valence-corrected chi connectivity index (χ2v) is 13.3. The minimum absolute atomic E-state index is 0.180. The molecular formula is C43H78O4. The molecule has 4 nitrogen and oxygen atoms in total. The average molecular weight is 659 g/mol. The molecule has 0 heterocycles. The second kappa shape index (κ2) is 40.5. The first-order chi connectivity index (χ1) is 23.2. The van der Waals surface area contributed by atoms with Crippen LogP contribution in [0.25, 0.3) is 0 Å². The zero-order valence-corrected chi connectivity index (χ0v) is 31.3. The monoisotopic (exact) mass is 659 g/mol. The number of carbonyl (C=O) groups excluding carboxylic acids is 1. The van der Waals surface area contributed by atoms with E-state index in [9.17, 15) is 9.90 Å². The van der Waals surface area contributed by atoms with Gasteiger partial charge < -0.3 is 14.6 Å². The van der Waals surface area contributed by atoms with Crippen molar-refractivity contribution in [3.8, 4) is 0 Å². The van der Waals surface area contributed by atoms with Crippen molar-refractivity contribution in [1.82, 2.24) is 0 Å². The molecule has 0 radical (unpaired) electrons. The van der Waals surface area contributed by atoms with Crippen LogP contribution in [0.3, 0.4) is 0 Å². The molecule has 0 bridgehead atoms. The van der Waals surface area contributed by atoms with E-state index in [4.69, 9.17) is 9.47 Å². The second-order valence-electron chi connectivity index (χ2n) is 13.3. The van der Waals surface area contributed by atoms with Crippen LogP contribution in [0.4, 0.5) is 0 Å². The maximum Gasteiger partial charge on any atom is 0.306 e. The van der Waals surface area contributed by atoms with Crippen molar-refractivity contribution in [2.45, 2.75) is 200 Å². The Morgan fingerprint density at radius 1 is 0.511 bits per heavy atom. The molecule has 1 N–H and O–H groups in total. The number of esters is 1. The Kier molecular flexibility index (Phi) is 39.1. The molecule has 0 aromatic carbocycles. The van der Waals surface area contributed by atoms with E-state index in [1.54, 1.807) is 0 Å². The maximum absolute atomic E-state index is 12.1. The molecule has 47 heavy (non-hydrogen) atoms. The van der Waals surface area contributed by atoms with E-state index in [1.165, 1.54) is 135 Å². The summed E-state index contributed by atoms with van der Waals surface area (Å²) >= 11 is 0. The first-order valence-electron chi connectivity index (χ1n) is 20.2. The Morgan fingerprint density at radius 2 is 0.894 bits per heavy atom. The Labute approximate surface area is 292 Å². The van der Waals surface area contributed by atoms with Crippen LogP contribution in [0, 0.1) is 0 Å². The van der Waals surface area contributed by atoms with E-state index in [0.29, 0.717) is 13.0 Å². The van der Waals surface area contributed by atoms with Gasteiger partial charge in [-0.25, -0.2) is 0 Å². The molecule has 1 atom stereocenters. The molecule has 0 aliphatic carbocycles. The van der Waals surface area contributed by atoms with Crippen LogP contribution in [-0.2, 0) is 14.3 Å². The van der Waals surface area contributed by atoms with Gasteiger partial charge in [0.05, 0.1) is 13.2 Å². The number of allylic oxidation sites excluding steroid dienone is 8. The average Bonchev–Trinajstić information content (AvgIpc) is 3.08. The van der Waals surface area contributed by atoms with Crippen molar-refractivity contribution < 1.29 is 19.4 Å². The molecule has 0 spiro atoms. The molecule has 1 unspecified atom stereocenters. The van der Waals surface area contributed by atoms with Crippen LogP contribution in [0.15, 0.2) is 48.6 Å². The lowest BCUT2D eigenvalue weighted by Gasteiger charge is -2.15. The number of ether oxygens (including phenoxy) is 2. The minimum atomic E-state index is -0.543. The summed E-state index contributed by atoms with van der Waals surface area (Å²) in [5.41, 5.74) is 0. The summed E-state index contributed by atoms with van der Waals surface area (Å²) in [6.07, 6.45) is 51.6. The van der Waals surface area contributed by atoms with Crippen LogP contribution in [-0.4, -0.2) is 37.0 Å². The molecule has 0 rings (SSSR count). The normalized spacial score (nSPS) is 12.8. The molecule has 0 saturated carbocycles. The summed E-state index contributed by atoms with van der Waals surface area (Å²) in [6, 6.07) is 0. The maximum atomic E-state index is 12.1. The number of rotatable bonds is 37. The highest BCUT2D eigenvalue weighted by Crippen LogP contribution is 2.12. The van der Waals surface area contributed by atoms with E-state index in [2.05, 4.69) is 62.5 Å². The standard InChI is InChI=1S/C43H78O4/c1-3-5-7-9-11-13-15-17-18-19-20-21-22-23-24-25-27-29-31-33-35-37-39-46-41-42(40-44)47-43(45)38-36-34-32-30-28-26-16-14-12-10-8-6-4-2/h14-17,19-20,22-23,42,44H,3-13,18,21,24-41H2,1-2H3/b16-14-,17-15-,20-19-,23-22-. The summed E-state index contributed by atoms with van der Waals surface area (Å²) < 4.78 is 11.1. The van der Waals surface area contributed by atoms with Crippen molar-refractivity contribution in [3.63, 3.8) is 0 Å². The van der Waals surface area contributed by atoms with E-state index < -0.39 is 6.10 Å². The molecule has 4 heteroatoms. The lowest BCUT2D eigenvalue weighted by Crippen LogP contribution is -2.27. The molecule has 0 aliphatic rings. The topological polar surface area (TPSA) is 55.8 Å². The fourth-order valence-corrected chi connectivity index (χ4v) is 5.56. The van der Waals surface area contributed by atoms with Crippen molar-refractivity contribution in [3.05, 3.63) is 48.6 Å². The van der Waals surface area contributed by atoms with E-state index in [0.717, 1.165) is 38.5 Å². The zero-order chi connectivity index (χ0) is 34.1. The quantitative estimate of drug-likeness (QED) is 0.0410. The number of aliphatic hydroxyl groups is 1.